The fraction of sp³-hybridized carbons (Fsp3) is 0.250. The van der Waals surface area contributed by atoms with Gasteiger partial charge in [0, 0.05) is 24.8 Å². The maximum atomic E-state index is 6.01. The standard InChI is InChI=1S/C12H13ClN2S/c1-15(7-10-4-6-16-9-10)8-11-3-2-5-14-12(11)13/h2-6,9H,7-8H2,1H3. The first kappa shape index (κ1) is 11.6. The van der Waals surface area contributed by atoms with Gasteiger partial charge in [-0.3, -0.25) is 4.90 Å². The lowest BCUT2D eigenvalue weighted by Gasteiger charge is -2.16. The highest BCUT2D eigenvalue weighted by Gasteiger charge is 2.05. The maximum Gasteiger partial charge on any atom is 0.133 e. The van der Waals surface area contributed by atoms with Crippen LogP contribution in [0.5, 0.6) is 0 Å². The van der Waals surface area contributed by atoms with Crippen LogP contribution in [0.2, 0.25) is 5.15 Å². The average molecular weight is 253 g/mol. The van der Waals surface area contributed by atoms with Gasteiger partial charge in [-0.1, -0.05) is 17.7 Å². The predicted octanol–water partition coefficient (Wildman–Crippen LogP) is 3.43. The van der Waals surface area contributed by atoms with E-state index in [9.17, 15) is 0 Å². The summed E-state index contributed by atoms with van der Waals surface area (Å²) in [5, 5.41) is 4.86. The van der Waals surface area contributed by atoms with E-state index in [0.29, 0.717) is 5.15 Å². The Bertz CT molecular complexity index is 442. The summed E-state index contributed by atoms with van der Waals surface area (Å²) in [6.45, 7) is 1.76. The monoisotopic (exact) mass is 252 g/mol. The topological polar surface area (TPSA) is 16.1 Å². The predicted molar refractivity (Wildman–Crippen MR) is 68.7 cm³/mol. The quantitative estimate of drug-likeness (QED) is 0.775. The Labute approximate surface area is 105 Å². The van der Waals surface area contributed by atoms with Crippen molar-refractivity contribution in [1.29, 1.82) is 0 Å². The molecule has 2 nitrogen and oxygen atoms in total. The molecule has 2 aromatic rings. The minimum atomic E-state index is 0.597. The van der Waals surface area contributed by atoms with Crippen LogP contribution in [0.4, 0.5) is 0 Å². The molecule has 0 aliphatic rings. The lowest BCUT2D eigenvalue weighted by atomic mass is 10.2. The molecule has 0 bridgehead atoms. The molecule has 0 aromatic carbocycles. The number of pyridine rings is 1. The van der Waals surface area contributed by atoms with Crippen molar-refractivity contribution in [2.24, 2.45) is 0 Å². The highest BCUT2D eigenvalue weighted by atomic mass is 35.5. The SMILES string of the molecule is CN(Cc1ccsc1)Cc1cccnc1Cl. The first-order chi connectivity index (χ1) is 7.75. The molecule has 2 heterocycles. The normalized spacial score (nSPS) is 10.9. The van der Waals surface area contributed by atoms with Gasteiger partial charge in [-0.25, -0.2) is 4.98 Å². The number of thiophene rings is 1. The van der Waals surface area contributed by atoms with Crippen LogP contribution in [0, 0.1) is 0 Å². The van der Waals surface area contributed by atoms with E-state index in [-0.39, 0.29) is 0 Å². The third-order valence-corrected chi connectivity index (χ3v) is 3.38. The van der Waals surface area contributed by atoms with E-state index in [2.05, 4.69) is 33.8 Å². The number of nitrogens with zero attached hydrogens (tertiary/aromatic N) is 2. The Balaban J connectivity index is 1.97. The molecule has 84 valence electrons. The molecule has 0 radical (unpaired) electrons. The van der Waals surface area contributed by atoms with E-state index in [1.54, 1.807) is 17.5 Å². The van der Waals surface area contributed by atoms with Crippen molar-refractivity contribution >= 4 is 22.9 Å². The summed E-state index contributed by atoms with van der Waals surface area (Å²) >= 11 is 7.74. The van der Waals surface area contributed by atoms with Crippen LogP contribution < -0.4 is 0 Å². The van der Waals surface area contributed by atoms with Crippen LogP contribution in [0.25, 0.3) is 0 Å². The van der Waals surface area contributed by atoms with Gasteiger partial charge >= 0.3 is 0 Å². The Morgan fingerprint density at radius 3 is 2.94 bits per heavy atom. The molecule has 2 rings (SSSR count). The molecule has 0 saturated carbocycles. The largest absolute Gasteiger partial charge is 0.298 e. The second-order valence-corrected chi connectivity index (χ2v) is 4.90. The minimum absolute atomic E-state index is 0.597. The first-order valence-electron chi connectivity index (χ1n) is 5.04. The van der Waals surface area contributed by atoms with Gasteiger partial charge in [-0.2, -0.15) is 11.3 Å². The zero-order valence-electron chi connectivity index (χ0n) is 9.06. The molecule has 4 heteroatoms. The zero-order valence-corrected chi connectivity index (χ0v) is 10.6. The summed E-state index contributed by atoms with van der Waals surface area (Å²) in [4.78, 5) is 6.30. The number of aromatic nitrogens is 1. The van der Waals surface area contributed by atoms with Gasteiger partial charge in [0.2, 0.25) is 0 Å². The molecule has 0 fully saturated rings. The van der Waals surface area contributed by atoms with Crippen LogP contribution in [-0.2, 0) is 13.1 Å². The molecule has 0 N–H and O–H groups in total. The first-order valence-corrected chi connectivity index (χ1v) is 6.37. The second-order valence-electron chi connectivity index (χ2n) is 3.76. The Kier molecular flexibility index (Phi) is 3.93. The molecular weight excluding hydrogens is 240 g/mol. The number of hydrogen-bond acceptors (Lipinski definition) is 3. The van der Waals surface area contributed by atoms with Gasteiger partial charge < -0.3 is 0 Å². The summed E-state index contributed by atoms with van der Waals surface area (Å²) in [5.41, 5.74) is 2.41. The fourth-order valence-electron chi connectivity index (χ4n) is 1.58. The third kappa shape index (κ3) is 3.04. The molecule has 0 amide bonds. The van der Waals surface area contributed by atoms with Crippen molar-refractivity contribution < 1.29 is 0 Å². The number of hydrogen-bond donors (Lipinski definition) is 0. The van der Waals surface area contributed by atoms with Crippen molar-refractivity contribution in [3.8, 4) is 0 Å². The summed E-state index contributed by atoms with van der Waals surface area (Å²) in [6, 6.07) is 6.07. The van der Waals surface area contributed by atoms with E-state index in [1.807, 2.05) is 12.1 Å². The Morgan fingerprint density at radius 2 is 2.25 bits per heavy atom. The molecular formula is C12H13ClN2S. The van der Waals surface area contributed by atoms with Gasteiger partial charge in [0.15, 0.2) is 0 Å². The van der Waals surface area contributed by atoms with Crippen molar-refractivity contribution in [2.75, 3.05) is 7.05 Å². The van der Waals surface area contributed by atoms with Crippen molar-refractivity contribution in [3.63, 3.8) is 0 Å². The van der Waals surface area contributed by atoms with E-state index in [4.69, 9.17) is 11.6 Å². The maximum absolute atomic E-state index is 6.01. The second kappa shape index (κ2) is 5.43. The molecule has 0 saturated heterocycles. The van der Waals surface area contributed by atoms with E-state index >= 15 is 0 Å². The van der Waals surface area contributed by atoms with E-state index < -0.39 is 0 Å². The average Bonchev–Trinajstić information content (AvgIpc) is 2.74. The molecule has 0 unspecified atom stereocenters. The molecule has 0 spiro atoms. The highest BCUT2D eigenvalue weighted by molar-refractivity contribution is 7.07. The summed E-state index contributed by atoms with van der Waals surface area (Å²) in [7, 11) is 2.08. The summed E-state index contributed by atoms with van der Waals surface area (Å²) in [5.74, 6) is 0. The Hall–Kier alpha value is -0.900. The molecule has 0 aliphatic heterocycles. The van der Waals surface area contributed by atoms with E-state index in [0.717, 1.165) is 18.7 Å². The van der Waals surface area contributed by atoms with Crippen LogP contribution in [0.15, 0.2) is 35.2 Å². The van der Waals surface area contributed by atoms with Crippen molar-refractivity contribution in [2.45, 2.75) is 13.1 Å². The number of rotatable bonds is 4. The fourth-order valence-corrected chi connectivity index (χ4v) is 2.42. The zero-order chi connectivity index (χ0) is 11.4. The van der Waals surface area contributed by atoms with Crippen LogP contribution in [-0.4, -0.2) is 16.9 Å². The lowest BCUT2D eigenvalue weighted by Crippen LogP contribution is -2.17. The minimum Gasteiger partial charge on any atom is -0.298 e. The molecule has 16 heavy (non-hydrogen) atoms. The van der Waals surface area contributed by atoms with Crippen LogP contribution >= 0.6 is 22.9 Å². The van der Waals surface area contributed by atoms with Gasteiger partial charge in [0.25, 0.3) is 0 Å². The van der Waals surface area contributed by atoms with Crippen molar-refractivity contribution in [1.82, 2.24) is 9.88 Å². The van der Waals surface area contributed by atoms with Crippen LogP contribution in [0.3, 0.4) is 0 Å². The third-order valence-electron chi connectivity index (χ3n) is 2.31. The molecule has 0 aliphatic carbocycles. The van der Waals surface area contributed by atoms with Crippen molar-refractivity contribution in [3.05, 3.63) is 51.4 Å². The summed E-state index contributed by atoms with van der Waals surface area (Å²) < 4.78 is 0. The van der Waals surface area contributed by atoms with Gasteiger partial charge in [0.05, 0.1) is 0 Å². The van der Waals surface area contributed by atoms with Gasteiger partial charge in [0.1, 0.15) is 5.15 Å². The smallest absolute Gasteiger partial charge is 0.133 e. The van der Waals surface area contributed by atoms with Crippen LogP contribution in [0.1, 0.15) is 11.1 Å². The molecule has 0 atom stereocenters. The number of halogens is 1. The molecule has 2 aromatic heterocycles. The highest BCUT2D eigenvalue weighted by Crippen LogP contribution is 2.15. The van der Waals surface area contributed by atoms with E-state index in [1.165, 1.54) is 5.56 Å². The lowest BCUT2D eigenvalue weighted by molar-refractivity contribution is 0.319. The summed E-state index contributed by atoms with van der Waals surface area (Å²) in [6.07, 6.45) is 1.71. The van der Waals surface area contributed by atoms with Gasteiger partial charge in [-0.15, -0.1) is 0 Å². The Morgan fingerprint density at radius 1 is 1.38 bits per heavy atom. The van der Waals surface area contributed by atoms with Gasteiger partial charge in [-0.05, 0) is 35.5 Å².